The highest BCUT2D eigenvalue weighted by Gasteiger charge is 2.30. The van der Waals surface area contributed by atoms with E-state index in [-0.39, 0.29) is 55.2 Å². The van der Waals surface area contributed by atoms with E-state index in [0.717, 1.165) is 11.1 Å². The normalized spacial score (nSPS) is 14.6. The van der Waals surface area contributed by atoms with Crippen molar-refractivity contribution in [2.45, 2.75) is 56.7 Å². The number of fused-ring (bicyclic) bond motifs is 1. The Kier molecular flexibility index (Phi) is 11.0. The van der Waals surface area contributed by atoms with Crippen molar-refractivity contribution < 1.29 is 34.2 Å². The maximum atomic E-state index is 13.0. The summed E-state index contributed by atoms with van der Waals surface area (Å²) in [5.74, 6) is 4.00. The van der Waals surface area contributed by atoms with Gasteiger partial charge in [-0.05, 0) is 73.2 Å². The molecular weight excluding hydrogens is 612 g/mol. The molecule has 0 saturated heterocycles. The van der Waals surface area contributed by atoms with Gasteiger partial charge in [-0.2, -0.15) is 5.21 Å². The van der Waals surface area contributed by atoms with E-state index in [1.807, 2.05) is 4.90 Å². The predicted molar refractivity (Wildman–Crippen MR) is 167 cm³/mol. The van der Waals surface area contributed by atoms with Crippen LogP contribution < -0.4 is 32.5 Å². The molecule has 0 bridgehead atoms. The van der Waals surface area contributed by atoms with Crippen LogP contribution in [0.3, 0.4) is 0 Å². The fraction of sp³-hybridized carbons (Fsp3) is 0.333. The maximum absolute atomic E-state index is 13.0. The van der Waals surface area contributed by atoms with Gasteiger partial charge >= 0.3 is 11.9 Å². The number of nitrogens with one attached hydrogen (secondary N) is 4. The van der Waals surface area contributed by atoms with Gasteiger partial charge in [0.15, 0.2) is 5.82 Å². The number of aliphatic carboxylic acids is 2. The summed E-state index contributed by atoms with van der Waals surface area (Å²) in [6, 6.07) is 7.52. The summed E-state index contributed by atoms with van der Waals surface area (Å²) < 4.78 is 0. The Bertz CT molecular complexity index is 1670. The number of hydrogen-bond acceptors (Lipinski definition) is 11. The van der Waals surface area contributed by atoms with E-state index in [9.17, 15) is 29.1 Å². The fourth-order valence-corrected chi connectivity index (χ4v) is 5.46. The number of primary amides is 1. The van der Waals surface area contributed by atoms with Crippen LogP contribution in [0.4, 0.5) is 11.4 Å². The van der Waals surface area contributed by atoms with Crippen molar-refractivity contribution in [1.29, 1.82) is 0 Å². The molecular formula is C30H34N10O7. The number of nitrogen functional groups attached to an aromatic ring is 1. The first-order valence-corrected chi connectivity index (χ1v) is 14.5. The average molecular weight is 647 g/mol. The number of carboxylic acids is 2. The monoisotopic (exact) mass is 646 g/mol. The van der Waals surface area contributed by atoms with E-state index >= 15 is 0 Å². The Balaban J connectivity index is 1.41. The smallest absolute Gasteiger partial charge is 0.326 e. The van der Waals surface area contributed by atoms with Crippen LogP contribution >= 0.6 is 0 Å². The number of carbonyl (C=O) groups is 5. The van der Waals surface area contributed by atoms with Crippen LogP contribution in [0.5, 0.6) is 0 Å². The molecule has 3 amide bonds. The summed E-state index contributed by atoms with van der Waals surface area (Å²) in [5.41, 5.74) is 11.5. The first-order chi connectivity index (χ1) is 22.5. The van der Waals surface area contributed by atoms with Crippen LogP contribution in [-0.2, 0) is 20.8 Å². The Morgan fingerprint density at radius 1 is 1.09 bits per heavy atom. The van der Waals surface area contributed by atoms with Crippen LogP contribution in [0, 0.1) is 12.3 Å². The quantitative estimate of drug-likeness (QED) is 0.0595. The number of H-pyrrole nitrogens is 1. The topological polar surface area (TPSA) is 272 Å². The number of tetrazole rings is 1. The number of terminal acetylenes is 1. The standard InChI is InChI=1S/C30H34N10O7/c1-2-13-40(24-10-5-17-14-23(35-32)20(27(31)44)15-19(17)24)18-6-3-16(4-7-18)29(45)34-22(30(46)47)8-11-25(41)33-21(9-12-26(42)43)28-36-38-39-37-28/h1,3-4,6-7,14-15,21-22,24,35H,5,8-13,32H2,(H2,31,44)(H,33,41)(H,34,45)(H,42,43)(H,46,47)(H,36,37,38,39)/t21-,22+,24+/m1/s1. The molecule has 17 nitrogen and oxygen atoms in total. The summed E-state index contributed by atoms with van der Waals surface area (Å²) in [4.78, 5) is 62.5. The van der Waals surface area contributed by atoms with E-state index in [1.54, 1.807) is 24.3 Å². The van der Waals surface area contributed by atoms with Gasteiger partial charge in [0.05, 0.1) is 29.9 Å². The number of hydrogen-bond donors (Lipinski definition) is 8. The van der Waals surface area contributed by atoms with Gasteiger partial charge in [0.25, 0.3) is 11.8 Å². The molecule has 0 radical (unpaired) electrons. The molecule has 3 atom stereocenters. The largest absolute Gasteiger partial charge is 0.481 e. The molecule has 1 aliphatic rings. The Hall–Kier alpha value is -6.02. The van der Waals surface area contributed by atoms with Gasteiger partial charge in [0.2, 0.25) is 5.91 Å². The van der Waals surface area contributed by atoms with Crippen LogP contribution in [0.15, 0.2) is 36.4 Å². The van der Waals surface area contributed by atoms with E-state index in [4.69, 9.17) is 23.1 Å². The zero-order valence-corrected chi connectivity index (χ0v) is 25.1. The van der Waals surface area contributed by atoms with Gasteiger partial charge in [-0.3, -0.25) is 25.0 Å². The second kappa shape index (κ2) is 15.3. The Morgan fingerprint density at radius 3 is 2.43 bits per heavy atom. The van der Waals surface area contributed by atoms with Crippen LogP contribution in [0.25, 0.3) is 0 Å². The zero-order valence-electron chi connectivity index (χ0n) is 25.1. The summed E-state index contributed by atoms with van der Waals surface area (Å²) in [6.45, 7) is 0.228. The van der Waals surface area contributed by atoms with Gasteiger partial charge in [-0.25, -0.2) is 4.79 Å². The number of aryl methyl sites for hydroxylation is 1. The molecule has 0 aliphatic heterocycles. The number of aromatic nitrogens is 4. The van der Waals surface area contributed by atoms with Gasteiger partial charge in [-0.15, -0.1) is 16.6 Å². The highest BCUT2D eigenvalue weighted by molar-refractivity contribution is 5.99. The predicted octanol–water partition coefficient (Wildman–Crippen LogP) is 0.397. The number of amides is 3. The average Bonchev–Trinajstić information content (AvgIpc) is 3.73. The number of carboxylic acid groups (broad SMARTS) is 2. The first-order valence-electron chi connectivity index (χ1n) is 14.5. The van der Waals surface area contributed by atoms with Crippen molar-refractivity contribution in [3.05, 3.63) is 64.5 Å². The molecule has 0 spiro atoms. The minimum Gasteiger partial charge on any atom is -0.481 e. The van der Waals surface area contributed by atoms with Gasteiger partial charge in [0.1, 0.15) is 6.04 Å². The van der Waals surface area contributed by atoms with Gasteiger partial charge < -0.3 is 36.9 Å². The third-order valence-electron chi connectivity index (χ3n) is 7.76. The van der Waals surface area contributed by atoms with E-state index in [2.05, 4.69) is 42.6 Å². The van der Waals surface area contributed by atoms with Crippen LogP contribution in [0.1, 0.15) is 81.9 Å². The lowest BCUT2D eigenvalue weighted by Gasteiger charge is -2.30. The van der Waals surface area contributed by atoms with Crippen molar-refractivity contribution >= 4 is 41.0 Å². The van der Waals surface area contributed by atoms with Crippen molar-refractivity contribution in [3.8, 4) is 12.3 Å². The van der Waals surface area contributed by atoms with E-state index in [0.29, 0.717) is 24.2 Å². The van der Waals surface area contributed by atoms with E-state index in [1.165, 1.54) is 12.1 Å². The number of carbonyl (C=O) groups excluding carboxylic acids is 3. The number of nitrogens with zero attached hydrogens (tertiary/aromatic N) is 4. The lowest BCUT2D eigenvalue weighted by molar-refractivity contribution is -0.140. The number of hydrazine groups is 1. The molecule has 1 heterocycles. The molecule has 0 unspecified atom stereocenters. The highest BCUT2D eigenvalue weighted by Crippen LogP contribution is 2.40. The number of anilines is 2. The van der Waals surface area contributed by atoms with Crippen molar-refractivity contribution in [3.63, 3.8) is 0 Å². The molecule has 246 valence electrons. The molecule has 0 fully saturated rings. The molecule has 4 rings (SSSR count). The van der Waals surface area contributed by atoms with Gasteiger partial charge in [-0.1, -0.05) is 11.1 Å². The van der Waals surface area contributed by atoms with Crippen LogP contribution in [-0.4, -0.2) is 73.1 Å². The highest BCUT2D eigenvalue weighted by atomic mass is 16.4. The van der Waals surface area contributed by atoms with Crippen LogP contribution in [0.2, 0.25) is 0 Å². The van der Waals surface area contributed by atoms with Crippen molar-refractivity contribution in [2.75, 3.05) is 16.9 Å². The minimum absolute atomic E-state index is 0.0111. The molecule has 3 aromatic rings. The molecule has 1 aromatic heterocycles. The number of aromatic amines is 1. The lowest BCUT2D eigenvalue weighted by Crippen LogP contribution is -2.42. The maximum Gasteiger partial charge on any atom is 0.326 e. The fourth-order valence-electron chi connectivity index (χ4n) is 5.46. The van der Waals surface area contributed by atoms with E-state index < -0.39 is 41.7 Å². The molecule has 17 heteroatoms. The molecule has 10 N–H and O–H groups in total. The third kappa shape index (κ3) is 8.38. The summed E-state index contributed by atoms with van der Waals surface area (Å²) in [5, 5.41) is 36.9. The summed E-state index contributed by atoms with van der Waals surface area (Å²) in [6.07, 6.45) is 6.29. The van der Waals surface area contributed by atoms with Crippen molar-refractivity contribution in [2.24, 2.45) is 11.6 Å². The molecule has 47 heavy (non-hydrogen) atoms. The number of nitrogens with two attached hydrogens (primary N) is 2. The second-order valence-electron chi connectivity index (χ2n) is 10.8. The summed E-state index contributed by atoms with van der Waals surface area (Å²) in [7, 11) is 0. The number of rotatable bonds is 16. The Morgan fingerprint density at radius 2 is 1.83 bits per heavy atom. The number of benzene rings is 2. The molecule has 2 aromatic carbocycles. The first kappa shape index (κ1) is 33.9. The van der Waals surface area contributed by atoms with Gasteiger partial charge in [0, 0.05) is 24.1 Å². The summed E-state index contributed by atoms with van der Waals surface area (Å²) >= 11 is 0. The molecule has 0 saturated carbocycles. The lowest BCUT2D eigenvalue weighted by atomic mass is 10.0. The minimum atomic E-state index is -1.39. The molecule has 1 aliphatic carbocycles. The Labute approximate surface area is 268 Å². The SMILES string of the molecule is C#CCN(c1ccc(C(=O)N[C@@H](CCC(=O)N[C@H](CCC(=O)O)c2nn[nH]n2)C(=O)O)cc1)[C@H]1CCc2cc(NN)c(C(N)=O)cc21. The third-order valence-corrected chi connectivity index (χ3v) is 7.76. The second-order valence-corrected chi connectivity index (χ2v) is 10.8. The van der Waals surface area contributed by atoms with Crippen molar-refractivity contribution in [1.82, 2.24) is 31.3 Å². The zero-order chi connectivity index (χ0) is 34.1.